The van der Waals surface area contributed by atoms with Gasteiger partial charge in [0.15, 0.2) is 0 Å². The molecule has 0 aliphatic heterocycles. The number of hydrogen-bond donors (Lipinski definition) is 2. The van der Waals surface area contributed by atoms with E-state index >= 15 is 0 Å². The lowest BCUT2D eigenvalue weighted by Crippen LogP contribution is -2.35. The van der Waals surface area contributed by atoms with Crippen LogP contribution in [0.1, 0.15) is 47.0 Å². The number of amides is 1. The largest absolute Gasteiger partial charge is 0.391 e. The van der Waals surface area contributed by atoms with Crippen molar-refractivity contribution in [1.82, 2.24) is 5.32 Å². The molecule has 2 atom stereocenters. The molecule has 90 valence electrons. The zero-order chi connectivity index (χ0) is 11.8. The van der Waals surface area contributed by atoms with Gasteiger partial charge in [0.05, 0.1) is 6.10 Å². The van der Waals surface area contributed by atoms with Gasteiger partial charge >= 0.3 is 0 Å². The van der Waals surface area contributed by atoms with Crippen LogP contribution in [-0.2, 0) is 4.79 Å². The molecular weight excluding hydrogens is 190 g/mol. The van der Waals surface area contributed by atoms with Crippen LogP contribution in [0.15, 0.2) is 0 Å². The maximum atomic E-state index is 11.5. The number of carbonyl (C=O) groups excluding carboxylic acids is 1. The highest BCUT2D eigenvalue weighted by atomic mass is 16.3. The number of hydrogen-bond acceptors (Lipinski definition) is 2. The predicted molar refractivity (Wildman–Crippen MR) is 62.5 cm³/mol. The molecule has 0 aromatic carbocycles. The Morgan fingerprint density at radius 1 is 1.33 bits per heavy atom. The Morgan fingerprint density at radius 3 is 2.40 bits per heavy atom. The molecule has 1 amide bonds. The lowest BCUT2D eigenvalue weighted by molar-refractivity contribution is -0.125. The second-order valence-electron chi connectivity index (χ2n) is 4.72. The molecule has 15 heavy (non-hydrogen) atoms. The highest BCUT2D eigenvalue weighted by Gasteiger charge is 2.13. The maximum absolute atomic E-state index is 11.5. The van der Waals surface area contributed by atoms with Gasteiger partial charge in [-0.2, -0.15) is 0 Å². The minimum Gasteiger partial charge on any atom is -0.391 e. The molecule has 0 saturated carbocycles. The van der Waals surface area contributed by atoms with E-state index in [9.17, 15) is 9.90 Å². The Hall–Kier alpha value is -0.570. The van der Waals surface area contributed by atoms with Crippen molar-refractivity contribution in [2.45, 2.75) is 53.1 Å². The molecule has 3 heteroatoms. The number of aliphatic hydroxyl groups is 1. The molecule has 0 radical (unpaired) electrons. The summed E-state index contributed by atoms with van der Waals surface area (Å²) in [5.41, 5.74) is 0. The van der Waals surface area contributed by atoms with Crippen LogP contribution in [0, 0.1) is 11.8 Å². The number of aliphatic hydroxyl groups excluding tert-OH is 1. The second-order valence-corrected chi connectivity index (χ2v) is 4.72. The average Bonchev–Trinajstić information content (AvgIpc) is 2.13. The van der Waals surface area contributed by atoms with Crippen molar-refractivity contribution >= 4 is 5.91 Å². The average molecular weight is 215 g/mol. The molecular formula is C12H25NO2. The summed E-state index contributed by atoms with van der Waals surface area (Å²) in [5, 5.41) is 12.3. The highest BCUT2D eigenvalue weighted by Crippen LogP contribution is 2.06. The predicted octanol–water partition coefficient (Wildman–Crippen LogP) is 1.95. The third-order valence-electron chi connectivity index (χ3n) is 2.42. The standard InChI is InChI=1S/C12H25NO2/c1-5-6-10(4)12(15)13-8-11(14)7-9(2)3/h9-11,14H,5-8H2,1-4H3,(H,13,15). The Kier molecular flexibility index (Phi) is 7.39. The van der Waals surface area contributed by atoms with Gasteiger partial charge in [0.25, 0.3) is 0 Å². The first-order chi connectivity index (χ1) is 6.97. The van der Waals surface area contributed by atoms with Crippen LogP contribution in [0.5, 0.6) is 0 Å². The lowest BCUT2D eigenvalue weighted by atomic mass is 10.0. The quantitative estimate of drug-likeness (QED) is 0.682. The minimum absolute atomic E-state index is 0.0552. The summed E-state index contributed by atoms with van der Waals surface area (Å²) in [4.78, 5) is 11.5. The van der Waals surface area contributed by atoms with Crippen LogP contribution in [0.25, 0.3) is 0 Å². The zero-order valence-corrected chi connectivity index (χ0v) is 10.4. The highest BCUT2D eigenvalue weighted by molar-refractivity contribution is 5.78. The summed E-state index contributed by atoms with van der Waals surface area (Å²) in [6.45, 7) is 8.49. The van der Waals surface area contributed by atoms with E-state index in [4.69, 9.17) is 0 Å². The van der Waals surface area contributed by atoms with Crippen molar-refractivity contribution in [2.24, 2.45) is 11.8 Å². The SMILES string of the molecule is CCCC(C)C(=O)NCC(O)CC(C)C. The van der Waals surface area contributed by atoms with Gasteiger partial charge in [0.2, 0.25) is 5.91 Å². The molecule has 0 heterocycles. The number of rotatable bonds is 7. The molecule has 0 fully saturated rings. The van der Waals surface area contributed by atoms with Gasteiger partial charge in [-0.05, 0) is 18.8 Å². The van der Waals surface area contributed by atoms with Crippen LogP contribution in [-0.4, -0.2) is 23.7 Å². The fourth-order valence-corrected chi connectivity index (χ4v) is 1.58. The summed E-state index contributed by atoms with van der Waals surface area (Å²) in [6.07, 6.45) is 2.25. The topological polar surface area (TPSA) is 49.3 Å². The van der Waals surface area contributed by atoms with Crippen LogP contribution in [0.3, 0.4) is 0 Å². The molecule has 0 aliphatic rings. The van der Waals surface area contributed by atoms with Gasteiger partial charge in [0.1, 0.15) is 0 Å². The van der Waals surface area contributed by atoms with Gasteiger partial charge in [-0.25, -0.2) is 0 Å². The molecule has 0 aliphatic carbocycles. The number of nitrogens with one attached hydrogen (secondary N) is 1. The molecule has 0 rings (SSSR count). The third-order valence-corrected chi connectivity index (χ3v) is 2.42. The Balaban J connectivity index is 3.70. The molecule has 0 aromatic rings. The molecule has 0 bridgehead atoms. The molecule has 3 nitrogen and oxygen atoms in total. The minimum atomic E-state index is -0.414. The fourth-order valence-electron chi connectivity index (χ4n) is 1.58. The van der Waals surface area contributed by atoms with Gasteiger partial charge in [-0.15, -0.1) is 0 Å². The van der Waals surface area contributed by atoms with Crippen molar-refractivity contribution in [2.75, 3.05) is 6.54 Å². The van der Waals surface area contributed by atoms with Crippen molar-refractivity contribution in [3.05, 3.63) is 0 Å². The van der Waals surface area contributed by atoms with E-state index in [1.165, 1.54) is 0 Å². The van der Waals surface area contributed by atoms with Crippen LogP contribution in [0.4, 0.5) is 0 Å². The lowest BCUT2D eigenvalue weighted by Gasteiger charge is -2.16. The summed E-state index contributed by atoms with van der Waals surface area (Å²) < 4.78 is 0. The normalized spacial score (nSPS) is 15.1. The fraction of sp³-hybridized carbons (Fsp3) is 0.917. The molecule has 2 unspecified atom stereocenters. The first-order valence-electron chi connectivity index (χ1n) is 5.93. The van der Waals surface area contributed by atoms with E-state index in [0.717, 1.165) is 19.3 Å². The summed E-state index contributed by atoms with van der Waals surface area (Å²) in [7, 11) is 0. The van der Waals surface area contributed by atoms with E-state index in [1.807, 2.05) is 6.92 Å². The Bertz CT molecular complexity index is 180. The van der Waals surface area contributed by atoms with E-state index in [-0.39, 0.29) is 11.8 Å². The summed E-state index contributed by atoms with van der Waals surface area (Å²) in [5.74, 6) is 0.575. The van der Waals surface area contributed by atoms with Crippen LogP contribution in [0.2, 0.25) is 0 Å². The molecule has 0 spiro atoms. The Labute approximate surface area is 93.3 Å². The third kappa shape index (κ3) is 7.37. The Morgan fingerprint density at radius 2 is 1.93 bits per heavy atom. The summed E-state index contributed by atoms with van der Waals surface area (Å²) in [6, 6.07) is 0. The monoisotopic (exact) mass is 215 g/mol. The van der Waals surface area contributed by atoms with Gasteiger partial charge in [-0.1, -0.05) is 34.1 Å². The van der Waals surface area contributed by atoms with E-state index in [0.29, 0.717) is 12.5 Å². The van der Waals surface area contributed by atoms with Crippen LogP contribution >= 0.6 is 0 Å². The molecule has 0 aromatic heterocycles. The summed E-state index contributed by atoms with van der Waals surface area (Å²) >= 11 is 0. The van der Waals surface area contributed by atoms with Crippen molar-refractivity contribution in [3.8, 4) is 0 Å². The number of carbonyl (C=O) groups is 1. The second kappa shape index (κ2) is 7.69. The van der Waals surface area contributed by atoms with E-state index in [1.54, 1.807) is 0 Å². The van der Waals surface area contributed by atoms with E-state index in [2.05, 4.69) is 26.1 Å². The first-order valence-corrected chi connectivity index (χ1v) is 5.93. The maximum Gasteiger partial charge on any atom is 0.222 e. The van der Waals surface area contributed by atoms with Crippen LogP contribution < -0.4 is 5.32 Å². The smallest absolute Gasteiger partial charge is 0.222 e. The van der Waals surface area contributed by atoms with Gasteiger partial charge in [0, 0.05) is 12.5 Å². The van der Waals surface area contributed by atoms with Gasteiger partial charge in [-0.3, -0.25) is 4.79 Å². The zero-order valence-electron chi connectivity index (χ0n) is 10.4. The first kappa shape index (κ1) is 14.4. The molecule has 2 N–H and O–H groups in total. The molecule has 0 saturated heterocycles. The van der Waals surface area contributed by atoms with Crippen molar-refractivity contribution in [1.29, 1.82) is 0 Å². The van der Waals surface area contributed by atoms with E-state index < -0.39 is 6.10 Å². The van der Waals surface area contributed by atoms with Crippen molar-refractivity contribution < 1.29 is 9.90 Å². The van der Waals surface area contributed by atoms with Gasteiger partial charge < -0.3 is 10.4 Å². The van der Waals surface area contributed by atoms with Crippen molar-refractivity contribution in [3.63, 3.8) is 0 Å².